The molecule has 0 unspecified atom stereocenters. The van der Waals surface area contributed by atoms with Gasteiger partial charge in [0, 0.05) is 23.5 Å². The number of hydrogen-bond acceptors (Lipinski definition) is 5. The molecule has 110 valence electrons. The molecule has 0 bridgehead atoms. The van der Waals surface area contributed by atoms with E-state index in [9.17, 15) is 23.3 Å². The Kier molecular flexibility index (Phi) is 5.60. The molecule has 10 heteroatoms. The molecule has 8 nitrogen and oxygen atoms in total. The van der Waals surface area contributed by atoms with Crippen LogP contribution in [0.2, 0.25) is 0 Å². The van der Waals surface area contributed by atoms with Gasteiger partial charge in [-0.25, -0.2) is 13.1 Å². The van der Waals surface area contributed by atoms with Crippen LogP contribution in [0.25, 0.3) is 0 Å². The van der Waals surface area contributed by atoms with Crippen LogP contribution < -0.4 is 4.72 Å². The molecular formula is C10H11BrN2O6S. The second-order valence-electron chi connectivity index (χ2n) is 3.76. The summed E-state index contributed by atoms with van der Waals surface area (Å²) in [5, 5.41) is 19.3. The molecule has 0 aliphatic carbocycles. The maximum atomic E-state index is 12.0. The van der Waals surface area contributed by atoms with Crippen molar-refractivity contribution in [2.45, 2.75) is 17.7 Å². The summed E-state index contributed by atoms with van der Waals surface area (Å²) in [6, 6.07) is 3.56. The molecule has 0 saturated heterocycles. The van der Waals surface area contributed by atoms with E-state index in [4.69, 9.17) is 5.11 Å². The van der Waals surface area contributed by atoms with E-state index in [1.807, 2.05) is 0 Å². The molecule has 0 aliphatic heterocycles. The number of hydrogen-bond donors (Lipinski definition) is 2. The Labute approximate surface area is 123 Å². The van der Waals surface area contributed by atoms with Crippen molar-refractivity contribution < 1.29 is 23.2 Å². The van der Waals surface area contributed by atoms with Crippen molar-refractivity contribution in [1.82, 2.24) is 4.72 Å². The van der Waals surface area contributed by atoms with Crippen LogP contribution >= 0.6 is 15.9 Å². The fraction of sp³-hybridized carbons (Fsp3) is 0.300. The van der Waals surface area contributed by atoms with E-state index in [0.29, 0.717) is 4.47 Å². The molecule has 1 aromatic rings. The minimum Gasteiger partial charge on any atom is -0.481 e. The van der Waals surface area contributed by atoms with Crippen molar-refractivity contribution in [2.24, 2.45) is 0 Å². The van der Waals surface area contributed by atoms with E-state index in [-0.39, 0.29) is 19.4 Å². The molecule has 0 saturated carbocycles. The van der Waals surface area contributed by atoms with E-state index in [2.05, 4.69) is 20.7 Å². The molecule has 0 heterocycles. The first kappa shape index (κ1) is 16.5. The number of nitrogens with one attached hydrogen (secondary N) is 1. The van der Waals surface area contributed by atoms with Gasteiger partial charge in [-0.15, -0.1) is 0 Å². The van der Waals surface area contributed by atoms with Gasteiger partial charge in [0.15, 0.2) is 4.90 Å². The summed E-state index contributed by atoms with van der Waals surface area (Å²) in [5.41, 5.74) is -0.543. The van der Waals surface area contributed by atoms with Gasteiger partial charge in [0.05, 0.1) is 4.92 Å². The molecule has 0 atom stereocenters. The van der Waals surface area contributed by atoms with Crippen LogP contribution in [0.15, 0.2) is 27.6 Å². The van der Waals surface area contributed by atoms with Gasteiger partial charge in [-0.2, -0.15) is 0 Å². The van der Waals surface area contributed by atoms with Crippen LogP contribution in [-0.2, 0) is 14.8 Å². The third-order valence-electron chi connectivity index (χ3n) is 2.27. The molecule has 0 amide bonds. The van der Waals surface area contributed by atoms with Crippen LogP contribution in [0.3, 0.4) is 0 Å². The number of carbonyl (C=O) groups is 1. The molecule has 1 rings (SSSR count). The van der Waals surface area contributed by atoms with Crippen molar-refractivity contribution in [3.05, 3.63) is 32.8 Å². The summed E-state index contributed by atoms with van der Waals surface area (Å²) in [6.07, 6.45) is -0.0978. The van der Waals surface area contributed by atoms with Crippen LogP contribution in [0.5, 0.6) is 0 Å². The predicted octanol–water partition coefficient (Wildman–Crippen LogP) is 1.50. The first-order valence-corrected chi connectivity index (χ1v) is 7.67. The maximum Gasteiger partial charge on any atom is 0.303 e. The smallest absolute Gasteiger partial charge is 0.303 e. The quantitative estimate of drug-likeness (QED) is 0.427. The van der Waals surface area contributed by atoms with Gasteiger partial charge >= 0.3 is 5.97 Å². The van der Waals surface area contributed by atoms with Gasteiger partial charge in [-0.3, -0.25) is 14.9 Å². The number of carboxylic acids is 1. The van der Waals surface area contributed by atoms with Crippen molar-refractivity contribution in [1.29, 1.82) is 0 Å². The first-order valence-electron chi connectivity index (χ1n) is 5.39. The van der Waals surface area contributed by atoms with Crippen LogP contribution in [0.1, 0.15) is 12.8 Å². The molecule has 0 aromatic heterocycles. The number of aliphatic carboxylic acids is 1. The van der Waals surface area contributed by atoms with Gasteiger partial charge in [0.25, 0.3) is 5.69 Å². The zero-order valence-corrected chi connectivity index (χ0v) is 12.5. The highest BCUT2D eigenvalue weighted by molar-refractivity contribution is 9.10. The lowest BCUT2D eigenvalue weighted by molar-refractivity contribution is -0.387. The molecule has 2 N–H and O–H groups in total. The topological polar surface area (TPSA) is 127 Å². The second-order valence-corrected chi connectivity index (χ2v) is 6.42. The van der Waals surface area contributed by atoms with Crippen LogP contribution in [0, 0.1) is 10.1 Å². The highest BCUT2D eigenvalue weighted by atomic mass is 79.9. The number of carboxylic acid groups (broad SMARTS) is 1. The third-order valence-corrected chi connectivity index (χ3v) is 4.25. The largest absolute Gasteiger partial charge is 0.481 e. The number of nitro groups is 1. The van der Waals surface area contributed by atoms with Crippen molar-refractivity contribution in [2.75, 3.05) is 6.54 Å². The molecule has 0 spiro atoms. The average Bonchev–Trinajstić information content (AvgIpc) is 2.34. The minimum absolute atomic E-state index is 0.0936. The zero-order chi connectivity index (χ0) is 15.3. The van der Waals surface area contributed by atoms with Crippen molar-refractivity contribution in [3.8, 4) is 0 Å². The monoisotopic (exact) mass is 366 g/mol. The summed E-state index contributed by atoms with van der Waals surface area (Å²) in [7, 11) is -4.07. The van der Waals surface area contributed by atoms with E-state index >= 15 is 0 Å². The Balaban J connectivity index is 2.94. The molecule has 0 aliphatic rings. The van der Waals surface area contributed by atoms with E-state index < -0.39 is 31.5 Å². The summed E-state index contributed by atoms with van der Waals surface area (Å²) in [5.74, 6) is -1.04. The van der Waals surface area contributed by atoms with Crippen LogP contribution in [0.4, 0.5) is 5.69 Å². The third kappa shape index (κ3) is 4.54. The van der Waals surface area contributed by atoms with Gasteiger partial charge in [0.1, 0.15) is 0 Å². The van der Waals surface area contributed by atoms with Gasteiger partial charge in [-0.05, 0) is 18.6 Å². The fourth-order valence-electron chi connectivity index (χ4n) is 1.38. The Bertz CT molecular complexity index is 631. The number of nitrogens with zero attached hydrogens (tertiary/aromatic N) is 1. The zero-order valence-electron chi connectivity index (χ0n) is 10.1. The maximum absolute atomic E-state index is 12.0. The number of nitro benzene ring substituents is 1. The summed E-state index contributed by atoms with van der Waals surface area (Å²) >= 11 is 3.05. The Morgan fingerprint density at radius 3 is 2.65 bits per heavy atom. The average molecular weight is 367 g/mol. The van der Waals surface area contributed by atoms with Gasteiger partial charge in [-0.1, -0.05) is 15.9 Å². The highest BCUT2D eigenvalue weighted by Crippen LogP contribution is 2.26. The minimum atomic E-state index is -4.07. The summed E-state index contributed by atoms with van der Waals surface area (Å²) in [4.78, 5) is 19.9. The van der Waals surface area contributed by atoms with E-state index in [1.54, 1.807) is 0 Å². The number of benzene rings is 1. The van der Waals surface area contributed by atoms with Crippen molar-refractivity contribution in [3.63, 3.8) is 0 Å². The molecule has 0 fully saturated rings. The van der Waals surface area contributed by atoms with Gasteiger partial charge in [0.2, 0.25) is 10.0 Å². The summed E-state index contributed by atoms with van der Waals surface area (Å²) < 4.78 is 26.5. The molecular weight excluding hydrogens is 356 g/mol. The molecule has 1 aromatic carbocycles. The SMILES string of the molecule is O=C(O)CCCNS(=O)(=O)c1cc(Br)ccc1[N+](=O)[O-]. The molecule has 20 heavy (non-hydrogen) atoms. The predicted molar refractivity (Wildman–Crippen MR) is 72.9 cm³/mol. The summed E-state index contributed by atoms with van der Waals surface area (Å²) in [6.45, 7) is -0.113. The standard InChI is InChI=1S/C10H11BrN2O6S/c11-7-3-4-8(13(16)17)9(6-7)20(18,19)12-5-1-2-10(14)15/h3-4,6,12H,1-2,5H2,(H,14,15). The first-order chi connectivity index (χ1) is 9.24. The second kappa shape index (κ2) is 6.77. The number of rotatable bonds is 7. The number of sulfonamides is 1. The lowest BCUT2D eigenvalue weighted by Gasteiger charge is -2.07. The number of halogens is 1. The lowest BCUT2D eigenvalue weighted by Crippen LogP contribution is -2.26. The normalized spacial score (nSPS) is 11.2. The molecule has 0 radical (unpaired) electrons. The van der Waals surface area contributed by atoms with E-state index in [1.165, 1.54) is 6.07 Å². The van der Waals surface area contributed by atoms with Crippen molar-refractivity contribution >= 4 is 37.6 Å². The Hall–Kier alpha value is -1.52. The van der Waals surface area contributed by atoms with E-state index in [0.717, 1.165) is 12.1 Å². The Morgan fingerprint density at radius 2 is 2.10 bits per heavy atom. The Morgan fingerprint density at radius 1 is 1.45 bits per heavy atom. The lowest BCUT2D eigenvalue weighted by atomic mass is 10.3. The fourth-order valence-corrected chi connectivity index (χ4v) is 3.16. The van der Waals surface area contributed by atoms with Crippen LogP contribution in [-0.4, -0.2) is 31.0 Å². The van der Waals surface area contributed by atoms with Gasteiger partial charge < -0.3 is 5.11 Å². The highest BCUT2D eigenvalue weighted by Gasteiger charge is 2.25.